The molecule has 5 heterocycles. The number of aromatic nitrogens is 4. The fourth-order valence-corrected chi connectivity index (χ4v) is 11.2. The number of hydrogen-bond donors (Lipinski definition) is 7. The number of nitrogens with one attached hydrogen (secondary N) is 2. The van der Waals surface area contributed by atoms with E-state index in [0.29, 0.717) is 4.57 Å². The van der Waals surface area contributed by atoms with Crippen molar-refractivity contribution in [1.82, 2.24) is 33.8 Å². The van der Waals surface area contributed by atoms with E-state index in [1.165, 1.54) is 58.9 Å². The molecule has 3 fully saturated rings. The third-order valence-electron chi connectivity index (χ3n) is 12.0. The van der Waals surface area contributed by atoms with Gasteiger partial charge < -0.3 is 58.5 Å². The molecule has 3 aromatic rings. The van der Waals surface area contributed by atoms with Crippen molar-refractivity contribution in [3.63, 3.8) is 0 Å². The van der Waals surface area contributed by atoms with E-state index in [1.54, 1.807) is 30.3 Å². The largest absolute Gasteiger partial charge is 0.490 e. The van der Waals surface area contributed by atoms with Gasteiger partial charge in [-0.1, -0.05) is 92.6 Å². The molecular weight excluding hydrogens is 1040 g/mol. The molecule has 0 amide bonds. The maximum absolute atomic E-state index is 12.7. The van der Waals surface area contributed by atoms with Gasteiger partial charge in [0, 0.05) is 30.9 Å². The predicted molar refractivity (Wildman–Crippen MR) is 270 cm³/mol. The Kier molecular flexibility index (Phi) is 27.3. The Labute approximate surface area is 429 Å². The SMILES string of the molecule is CCN(CC)CC.CCN(CC)CC.CCN(CC)CC.O=c1ccn([C@@H]2O[C@H](COP(=O)(O)OP(=O)(O)OP(=O)(O)OC[C@H]3O[C@@H](n4ccc(=O)[nH]c4=O)[C@@H]4OC(Cc5ccccc5)O[C@@H]43)[C@@H](O)[C@H]2O)c(=O)[nH]1. The first-order valence-corrected chi connectivity index (χ1v) is 28.9. The van der Waals surface area contributed by atoms with E-state index in [1.807, 2.05) is 4.98 Å². The fraction of sp³-hybridized carbons (Fsp3) is 0.682. The predicted octanol–water partition coefficient (Wildman–Crippen LogP) is 2.37. The Morgan fingerprint density at radius 1 is 0.527 bits per heavy atom. The van der Waals surface area contributed by atoms with Gasteiger partial charge >= 0.3 is 34.8 Å². The molecule has 12 atom stereocenters. The van der Waals surface area contributed by atoms with E-state index in [2.05, 4.69) is 95.1 Å². The molecule has 74 heavy (non-hydrogen) atoms. The zero-order valence-corrected chi connectivity index (χ0v) is 46.0. The second-order valence-corrected chi connectivity index (χ2v) is 21.1. The summed E-state index contributed by atoms with van der Waals surface area (Å²) in [6.45, 7) is 28.4. The highest BCUT2D eigenvalue weighted by molar-refractivity contribution is 7.66. The quantitative estimate of drug-likeness (QED) is 0.0670. The summed E-state index contributed by atoms with van der Waals surface area (Å²) in [6, 6.07) is 10.9. The molecule has 0 aliphatic carbocycles. The van der Waals surface area contributed by atoms with Gasteiger partial charge in [0.25, 0.3) is 11.1 Å². The number of H-pyrrole nitrogens is 2. The van der Waals surface area contributed by atoms with Crippen molar-refractivity contribution in [2.75, 3.05) is 72.1 Å². The van der Waals surface area contributed by atoms with Crippen LogP contribution < -0.4 is 22.5 Å². The third kappa shape index (κ3) is 20.2. The van der Waals surface area contributed by atoms with Crippen LogP contribution in [0.25, 0.3) is 0 Å². The molecule has 1 aromatic carbocycles. The number of benzene rings is 1. The maximum Gasteiger partial charge on any atom is 0.490 e. The molecule has 6 rings (SSSR count). The maximum atomic E-state index is 12.7. The molecule has 2 aromatic heterocycles. The van der Waals surface area contributed by atoms with Gasteiger partial charge in [-0.15, -0.1) is 0 Å². The number of nitrogens with zero attached hydrogens (tertiary/aromatic N) is 5. The van der Waals surface area contributed by atoms with E-state index >= 15 is 0 Å². The minimum Gasteiger partial charge on any atom is -0.387 e. The standard InChI is InChI=1S/C26H31N4O20P3.3C6H15N/c31-16-6-8-29(25(35)27-16)23-20(34)19(33)14(45-23)11-43-51(37,38)49-53(41,42)50-52(39,40)44-12-15-21-22(24(46-15)30-9-7-17(32)28-26(30)36)48-18(47-21)10-13-4-2-1-3-5-13;3*1-4-7(5-2)6-3/h1-9,14-15,18-24,33-34H,10-12H2,(H,37,38)(H,39,40)(H,41,42)(H,27,31,35)(H,28,32,36);3*4-6H2,1-3H3/t14-,15-,18?,19-,20-,21-,22-,23-,24-;;;/m1.../s1. The molecule has 27 nitrogen and oxygen atoms in total. The van der Waals surface area contributed by atoms with Gasteiger partial charge in [0.15, 0.2) is 18.7 Å². The van der Waals surface area contributed by atoms with Crippen LogP contribution in [0, 0.1) is 0 Å². The van der Waals surface area contributed by atoms with E-state index in [-0.39, 0.29) is 6.42 Å². The molecule has 3 saturated heterocycles. The Morgan fingerprint density at radius 3 is 1.32 bits per heavy atom. The van der Waals surface area contributed by atoms with Crippen LogP contribution in [0.5, 0.6) is 0 Å². The monoisotopic (exact) mass is 1120 g/mol. The zero-order chi connectivity index (χ0) is 55.4. The highest BCUT2D eigenvalue weighted by atomic mass is 31.3. The molecule has 0 bridgehead atoms. The summed E-state index contributed by atoms with van der Waals surface area (Å²) in [5, 5.41) is 20.6. The molecule has 0 spiro atoms. The second-order valence-electron chi connectivity index (χ2n) is 16.5. The Bertz CT molecular complexity index is 2460. The number of ether oxygens (including phenoxy) is 4. The normalized spacial score (nSPS) is 25.7. The van der Waals surface area contributed by atoms with Crippen molar-refractivity contribution < 1.29 is 75.2 Å². The van der Waals surface area contributed by atoms with Crippen LogP contribution in [0.1, 0.15) is 80.3 Å². The van der Waals surface area contributed by atoms with Crippen LogP contribution in [-0.2, 0) is 56.7 Å². The Balaban J connectivity index is 0.000000576. The topological polar surface area (TPSA) is 346 Å². The minimum atomic E-state index is -5.98. The lowest BCUT2D eigenvalue weighted by molar-refractivity contribution is -0.150. The lowest BCUT2D eigenvalue weighted by Crippen LogP contribution is -2.37. The third-order valence-corrected chi connectivity index (χ3v) is 16.2. The number of hydrogen-bond acceptors (Lipinski definition) is 20. The Hall–Kier alpha value is -3.37. The summed E-state index contributed by atoms with van der Waals surface area (Å²) < 4.78 is 80.0. The van der Waals surface area contributed by atoms with Crippen molar-refractivity contribution in [3.8, 4) is 0 Å². The van der Waals surface area contributed by atoms with Gasteiger partial charge in [0.1, 0.15) is 36.6 Å². The number of phosphoric ester groups is 2. The van der Waals surface area contributed by atoms with Gasteiger partial charge in [-0.25, -0.2) is 23.3 Å². The van der Waals surface area contributed by atoms with Crippen LogP contribution in [0.2, 0.25) is 0 Å². The molecule has 3 aliphatic heterocycles. The smallest absolute Gasteiger partial charge is 0.387 e. The molecule has 4 unspecified atom stereocenters. The van der Waals surface area contributed by atoms with Crippen molar-refractivity contribution in [1.29, 1.82) is 0 Å². The first-order valence-electron chi connectivity index (χ1n) is 24.5. The molecule has 30 heteroatoms. The van der Waals surface area contributed by atoms with E-state index < -0.39 is 115 Å². The summed E-state index contributed by atoms with van der Waals surface area (Å²) in [5.74, 6) is 0. The fourth-order valence-electron chi connectivity index (χ4n) is 7.68. The zero-order valence-electron chi connectivity index (χ0n) is 43.3. The molecule has 7 N–H and O–H groups in total. The molecule has 0 saturated carbocycles. The van der Waals surface area contributed by atoms with Crippen molar-refractivity contribution in [2.45, 2.75) is 124 Å². The lowest BCUT2D eigenvalue weighted by Gasteiger charge is -2.22. The number of rotatable bonds is 23. The molecule has 422 valence electrons. The number of aliphatic hydroxyl groups excluding tert-OH is 2. The minimum absolute atomic E-state index is 0.243. The van der Waals surface area contributed by atoms with Crippen LogP contribution in [0.3, 0.4) is 0 Å². The Morgan fingerprint density at radius 2 is 0.919 bits per heavy atom. The number of fused-ring (bicyclic) bond motifs is 1. The summed E-state index contributed by atoms with van der Waals surface area (Å²) in [5.41, 5.74) is -2.56. The highest BCUT2D eigenvalue weighted by Gasteiger charge is 2.55. The first kappa shape index (κ1) is 64.9. The van der Waals surface area contributed by atoms with Crippen LogP contribution in [0.4, 0.5) is 0 Å². The number of aromatic amines is 2. The van der Waals surface area contributed by atoms with Crippen LogP contribution in [0.15, 0.2) is 74.0 Å². The van der Waals surface area contributed by atoms with Crippen molar-refractivity contribution in [3.05, 3.63) is 102 Å². The van der Waals surface area contributed by atoms with Gasteiger partial charge in [-0.3, -0.25) is 37.7 Å². The van der Waals surface area contributed by atoms with Crippen molar-refractivity contribution in [2.24, 2.45) is 0 Å². The van der Waals surface area contributed by atoms with Gasteiger partial charge in [-0.2, -0.15) is 8.62 Å². The summed E-state index contributed by atoms with van der Waals surface area (Å²) in [6.07, 6.45) is -10.1. The summed E-state index contributed by atoms with van der Waals surface area (Å²) in [4.78, 5) is 88.9. The van der Waals surface area contributed by atoms with E-state index in [9.17, 15) is 57.8 Å². The van der Waals surface area contributed by atoms with Gasteiger partial charge in [-0.05, 0) is 64.5 Å². The van der Waals surface area contributed by atoms with Gasteiger partial charge in [0.2, 0.25) is 0 Å². The summed E-state index contributed by atoms with van der Waals surface area (Å²) >= 11 is 0. The molecule has 0 radical (unpaired) electrons. The average Bonchev–Trinajstić information content (AvgIpc) is 4.00. The van der Waals surface area contributed by atoms with Crippen LogP contribution >= 0.6 is 23.5 Å². The molecule has 3 aliphatic rings. The van der Waals surface area contributed by atoms with E-state index in [0.717, 1.165) is 34.7 Å². The number of phosphoric acid groups is 3. The molecular formula is C44H76N7O20P3. The highest BCUT2D eigenvalue weighted by Crippen LogP contribution is 2.68. The first-order chi connectivity index (χ1) is 34.9. The summed E-state index contributed by atoms with van der Waals surface area (Å²) in [7, 11) is -17.3. The van der Waals surface area contributed by atoms with Gasteiger partial charge in [0.05, 0.1) is 13.2 Å². The average molecular weight is 1120 g/mol. The second kappa shape index (κ2) is 31.1. The number of aliphatic hydroxyl groups is 2. The van der Waals surface area contributed by atoms with E-state index in [4.69, 9.17) is 23.5 Å². The lowest BCUT2D eigenvalue weighted by atomic mass is 10.1. The van der Waals surface area contributed by atoms with Crippen LogP contribution in [-0.4, -0.2) is 174 Å². The van der Waals surface area contributed by atoms with Crippen molar-refractivity contribution >= 4 is 23.5 Å².